The molecule has 2 rings (SSSR count). The largest absolute Gasteiger partial charge is 0.353 e. The summed E-state index contributed by atoms with van der Waals surface area (Å²) in [6.45, 7) is 4.42. The second-order valence-electron chi connectivity index (χ2n) is 3.70. The zero-order valence-electron chi connectivity index (χ0n) is 10.2. The molecule has 0 saturated heterocycles. The summed E-state index contributed by atoms with van der Waals surface area (Å²) in [5.74, 6) is 0.949. The van der Waals surface area contributed by atoms with Crippen LogP contribution in [0.25, 0.3) is 5.82 Å². The third-order valence-electron chi connectivity index (χ3n) is 2.23. The normalized spacial score (nSPS) is 10.7. The average molecular weight is 251 g/mol. The molecule has 0 fully saturated rings. The van der Waals surface area contributed by atoms with E-state index in [2.05, 4.69) is 25.4 Å². The van der Waals surface area contributed by atoms with E-state index in [-0.39, 0.29) is 5.82 Å². The number of aryl methyl sites for hydroxylation is 2. The minimum Gasteiger partial charge on any atom is -0.353 e. The van der Waals surface area contributed by atoms with E-state index in [4.69, 9.17) is 5.73 Å². The Bertz CT molecular complexity index is 551. The number of nitrogens with one attached hydrogen (secondary N) is 1. The minimum absolute atomic E-state index is 0.0719. The standard InChI is InChI=1S/C10H14FN7/c1-6-15-7(2)18(17-6)9-8(11)5-14-10(16-9)13-4-3-12/h5H,3-4,12H2,1-2H3,(H,13,14,16). The summed E-state index contributed by atoms with van der Waals surface area (Å²) < 4.78 is 15.0. The van der Waals surface area contributed by atoms with Crippen LogP contribution in [0.4, 0.5) is 10.3 Å². The van der Waals surface area contributed by atoms with Crippen molar-refractivity contribution < 1.29 is 4.39 Å². The molecule has 0 radical (unpaired) electrons. The zero-order valence-corrected chi connectivity index (χ0v) is 10.2. The second-order valence-corrected chi connectivity index (χ2v) is 3.70. The molecule has 0 unspecified atom stereocenters. The minimum atomic E-state index is -0.554. The Morgan fingerprint density at radius 2 is 2.17 bits per heavy atom. The molecule has 0 atom stereocenters. The van der Waals surface area contributed by atoms with Gasteiger partial charge in [0.25, 0.3) is 0 Å². The third kappa shape index (κ3) is 2.43. The molecule has 3 N–H and O–H groups in total. The second kappa shape index (κ2) is 5.05. The van der Waals surface area contributed by atoms with Crippen LogP contribution in [0.2, 0.25) is 0 Å². The van der Waals surface area contributed by atoms with Gasteiger partial charge in [0.1, 0.15) is 11.6 Å². The molecule has 2 aromatic rings. The highest BCUT2D eigenvalue weighted by molar-refractivity contribution is 5.33. The summed E-state index contributed by atoms with van der Waals surface area (Å²) in [5, 5.41) is 6.97. The highest BCUT2D eigenvalue weighted by Crippen LogP contribution is 2.12. The van der Waals surface area contributed by atoms with Crippen molar-refractivity contribution in [3.8, 4) is 5.82 Å². The van der Waals surface area contributed by atoms with Gasteiger partial charge in [0.2, 0.25) is 5.95 Å². The maximum atomic E-state index is 13.7. The molecule has 7 nitrogen and oxygen atoms in total. The predicted molar refractivity (Wildman–Crippen MR) is 63.9 cm³/mol. The third-order valence-corrected chi connectivity index (χ3v) is 2.23. The summed E-state index contributed by atoms with van der Waals surface area (Å²) in [5.41, 5.74) is 5.36. The highest BCUT2D eigenvalue weighted by atomic mass is 19.1. The molecule has 0 saturated carbocycles. The molecule has 8 heteroatoms. The van der Waals surface area contributed by atoms with Gasteiger partial charge in [-0.3, -0.25) is 0 Å². The zero-order chi connectivity index (χ0) is 13.1. The summed E-state index contributed by atoms with van der Waals surface area (Å²) in [4.78, 5) is 12.0. The van der Waals surface area contributed by atoms with E-state index in [1.54, 1.807) is 13.8 Å². The van der Waals surface area contributed by atoms with E-state index in [0.29, 0.717) is 30.7 Å². The molecule has 2 aromatic heterocycles. The van der Waals surface area contributed by atoms with Gasteiger partial charge in [-0.2, -0.15) is 9.67 Å². The van der Waals surface area contributed by atoms with E-state index in [0.717, 1.165) is 6.20 Å². The number of nitrogens with zero attached hydrogens (tertiary/aromatic N) is 5. The fraction of sp³-hybridized carbons (Fsp3) is 0.400. The number of rotatable bonds is 4. The monoisotopic (exact) mass is 251 g/mol. The van der Waals surface area contributed by atoms with Gasteiger partial charge in [-0.05, 0) is 13.8 Å². The van der Waals surface area contributed by atoms with Crippen LogP contribution in [-0.2, 0) is 0 Å². The van der Waals surface area contributed by atoms with Gasteiger partial charge < -0.3 is 11.1 Å². The molecule has 2 heterocycles. The summed E-state index contributed by atoms with van der Waals surface area (Å²) >= 11 is 0. The molecule has 0 bridgehead atoms. The van der Waals surface area contributed by atoms with E-state index in [9.17, 15) is 4.39 Å². The van der Waals surface area contributed by atoms with E-state index in [1.165, 1.54) is 4.68 Å². The Kier molecular flexibility index (Phi) is 3.47. The Balaban J connectivity index is 2.40. The van der Waals surface area contributed by atoms with Gasteiger partial charge in [0, 0.05) is 13.1 Å². The molecule has 96 valence electrons. The quantitative estimate of drug-likeness (QED) is 0.805. The first kappa shape index (κ1) is 12.4. The van der Waals surface area contributed by atoms with Crippen molar-refractivity contribution in [1.82, 2.24) is 24.7 Å². The number of anilines is 1. The van der Waals surface area contributed by atoms with Gasteiger partial charge in [-0.1, -0.05) is 0 Å². The van der Waals surface area contributed by atoms with E-state index < -0.39 is 5.82 Å². The van der Waals surface area contributed by atoms with Crippen LogP contribution in [0.5, 0.6) is 0 Å². The maximum Gasteiger partial charge on any atom is 0.224 e. The van der Waals surface area contributed by atoms with Crippen molar-refractivity contribution >= 4 is 5.95 Å². The summed E-state index contributed by atoms with van der Waals surface area (Å²) in [7, 11) is 0. The van der Waals surface area contributed by atoms with Gasteiger partial charge in [0.15, 0.2) is 11.6 Å². The molecule has 0 aliphatic carbocycles. The molecule has 18 heavy (non-hydrogen) atoms. The lowest BCUT2D eigenvalue weighted by Crippen LogP contribution is -2.16. The number of hydrogen-bond acceptors (Lipinski definition) is 6. The van der Waals surface area contributed by atoms with Crippen LogP contribution in [-0.4, -0.2) is 37.8 Å². The van der Waals surface area contributed by atoms with Crippen molar-refractivity contribution in [1.29, 1.82) is 0 Å². The van der Waals surface area contributed by atoms with Gasteiger partial charge in [-0.15, -0.1) is 5.10 Å². The topological polar surface area (TPSA) is 94.5 Å². The Morgan fingerprint density at radius 3 is 2.78 bits per heavy atom. The maximum absolute atomic E-state index is 13.7. The Hall–Kier alpha value is -2.09. The number of aromatic nitrogens is 5. The Morgan fingerprint density at radius 1 is 1.39 bits per heavy atom. The van der Waals surface area contributed by atoms with Crippen LogP contribution in [0, 0.1) is 19.7 Å². The van der Waals surface area contributed by atoms with Crippen molar-refractivity contribution in [3.05, 3.63) is 23.7 Å². The molecule has 0 spiro atoms. The van der Waals surface area contributed by atoms with Crippen molar-refractivity contribution in [2.75, 3.05) is 18.4 Å². The average Bonchev–Trinajstić information content (AvgIpc) is 2.67. The molecule has 0 aliphatic heterocycles. The summed E-state index contributed by atoms with van der Waals surface area (Å²) in [6.07, 6.45) is 1.09. The van der Waals surface area contributed by atoms with Gasteiger partial charge >= 0.3 is 0 Å². The molecule has 0 amide bonds. The van der Waals surface area contributed by atoms with Crippen LogP contribution in [0.3, 0.4) is 0 Å². The number of hydrogen-bond donors (Lipinski definition) is 2. The lowest BCUT2D eigenvalue weighted by atomic mass is 10.5. The van der Waals surface area contributed by atoms with Crippen molar-refractivity contribution in [3.63, 3.8) is 0 Å². The highest BCUT2D eigenvalue weighted by Gasteiger charge is 2.13. The Labute approximate surface area is 103 Å². The fourth-order valence-electron chi connectivity index (χ4n) is 1.50. The first-order chi connectivity index (χ1) is 8.61. The van der Waals surface area contributed by atoms with Crippen LogP contribution >= 0.6 is 0 Å². The van der Waals surface area contributed by atoms with E-state index >= 15 is 0 Å². The summed E-state index contributed by atoms with van der Waals surface area (Å²) in [6, 6.07) is 0. The van der Waals surface area contributed by atoms with Crippen LogP contribution < -0.4 is 11.1 Å². The smallest absolute Gasteiger partial charge is 0.224 e. The molecular formula is C10H14FN7. The van der Waals surface area contributed by atoms with Crippen LogP contribution in [0.15, 0.2) is 6.20 Å². The van der Waals surface area contributed by atoms with Crippen LogP contribution in [0.1, 0.15) is 11.6 Å². The predicted octanol–water partition coefficient (Wildman–Crippen LogP) is 0.184. The first-order valence-electron chi connectivity index (χ1n) is 5.49. The van der Waals surface area contributed by atoms with Gasteiger partial charge in [-0.25, -0.2) is 14.4 Å². The first-order valence-corrected chi connectivity index (χ1v) is 5.49. The number of nitrogens with two attached hydrogens (primary N) is 1. The molecule has 0 aliphatic rings. The lowest BCUT2D eigenvalue weighted by molar-refractivity contribution is 0.589. The molecular weight excluding hydrogens is 237 g/mol. The lowest BCUT2D eigenvalue weighted by Gasteiger charge is -2.07. The number of halogens is 1. The van der Waals surface area contributed by atoms with Crippen molar-refractivity contribution in [2.45, 2.75) is 13.8 Å². The molecule has 0 aromatic carbocycles. The van der Waals surface area contributed by atoms with Gasteiger partial charge in [0.05, 0.1) is 6.20 Å². The van der Waals surface area contributed by atoms with Crippen molar-refractivity contribution in [2.24, 2.45) is 5.73 Å². The fourth-order valence-corrected chi connectivity index (χ4v) is 1.50. The SMILES string of the molecule is Cc1nc(C)n(-c2nc(NCCN)ncc2F)n1. The van der Waals surface area contributed by atoms with E-state index in [1.807, 2.05) is 0 Å².